The van der Waals surface area contributed by atoms with Gasteiger partial charge in [0.1, 0.15) is 11.2 Å². The summed E-state index contributed by atoms with van der Waals surface area (Å²) < 4.78 is 1.24. The van der Waals surface area contributed by atoms with Crippen LogP contribution in [0.1, 0.15) is 38.3 Å². The van der Waals surface area contributed by atoms with Gasteiger partial charge in [-0.3, -0.25) is 10.1 Å². The lowest BCUT2D eigenvalue weighted by Gasteiger charge is -2.16. The molecule has 1 aromatic heterocycles. The summed E-state index contributed by atoms with van der Waals surface area (Å²) in [6.45, 7) is 3.23. The van der Waals surface area contributed by atoms with Crippen LogP contribution < -0.4 is 0 Å². The number of nitrogens with zero attached hydrogens (tertiary/aromatic N) is 4. The molecule has 6 nitrogen and oxygen atoms in total. The number of nitro groups is 1. The molecule has 0 aromatic carbocycles. The van der Waals surface area contributed by atoms with Gasteiger partial charge in [0.15, 0.2) is 0 Å². The Hall–Kier alpha value is -1.61. The van der Waals surface area contributed by atoms with E-state index in [9.17, 15) is 10.1 Å². The molecule has 0 amide bonds. The third-order valence-corrected chi connectivity index (χ3v) is 3.12. The van der Waals surface area contributed by atoms with Crippen molar-refractivity contribution in [3.8, 4) is 6.07 Å². The lowest BCUT2D eigenvalue weighted by molar-refractivity contribution is -0.385. The van der Waals surface area contributed by atoms with Crippen LogP contribution in [-0.4, -0.2) is 14.7 Å². The first-order valence-corrected chi connectivity index (χ1v) is 5.61. The molecule has 0 spiro atoms. The largest absolute Gasteiger partial charge is 0.329 e. The maximum Gasteiger partial charge on any atom is 0.329 e. The van der Waals surface area contributed by atoms with E-state index in [-0.39, 0.29) is 16.8 Å². The number of hydrogen-bond acceptors (Lipinski definition) is 4. The highest BCUT2D eigenvalue weighted by Crippen LogP contribution is 2.46. The average molecular weight is 255 g/mol. The van der Waals surface area contributed by atoms with Gasteiger partial charge in [0.2, 0.25) is 5.15 Å². The van der Waals surface area contributed by atoms with Gasteiger partial charge < -0.3 is 0 Å². The molecule has 1 aromatic rings. The molecule has 17 heavy (non-hydrogen) atoms. The maximum atomic E-state index is 11.0. The van der Waals surface area contributed by atoms with E-state index >= 15 is 0 Å². The molecule has 1 fully saturated rings. The topological polar surface area (TPSA) is 84.8 Å². The van der Waals surface area contributed by atoms with Crippen molar-refractivity contribution >= 4 is 17.3 Å². The summed E-state index contributed by atoms with van der Waals surface area (Å²) in [5, 5.41) is 24.1. The molecule has 1 aliphatic rings. The Morgan fingerprint density at radius 1 is 1.65 bits per heavy atom. The molecule has 0 saturated heterocycles. The highest BCUT2D eigenvalue weighted by molar-refractivity contribution is 6.31. The van der Waals surface area contributed by atoms with Crippen molar-refractivity contribution in [2.45, 2.75) is 38.1 Å². The van der Waals surface area contributed by atoms with E-state index < -0.39 is 10.5 Å². The first-order chi connectivity index (χ1) is 7.88. The molecular formula is C10H11ClN4O2. The normalized spacial score (nSPS) is 15.6. The van der Waals surface area contributed by atoms with Gasteiger partial charge in [-0.1, -0.05) is 11.6 Å². The van der Waals surface area contributed by atoms with Crippen molar-refractivity contribution in [2.75, 3.05) is 0 Å². The second-order valence-corrected chi connectivity index (χ2v) is 5.00. The number of aromatic nitrogens is 2. The van der Waals surface area contributed by atoms with Crippen molar-refractivity contribution in [2.24, 2.45) is 0 Å². The fraction of sp³-hybridized carbons (Fsp3) is 0.600. The fourth-order valence-corrected chi connectivity index (χ4v) is 2.04. The maximum absolute atomic E-state index is 11.0. The Kier molecular flexibility index (Phi) is 2.59. The molecular weight excluding hydrogens is 244 g/mol. The van der Waals surface area contributed by atoms with Gasteiger partial charge in [0.05, 0.1) is 11.0 Å². The minimum absolute atomic E-state index is 0.0662. The molecule has 0 aliphatic heterocycles. The van der Waals surface area contributed by atoms with Crippen LogP contribution >= 0.6 is 11.6 Å². The van der Waals surface area contributed by atoms with Crippen LogP contribution in [0.5, 0.6) is 0 Å². The molecule has 7 heteroatoms. The molecule has 0 radical (unpaired) electrons. The Balaban J connectivity index is 2.60. The standard InChI is InChI=1S/C10H11ClN4O2/c1-10(2,5-12)14-9(11)8(15(16)17)7(13-14)6-3-4-6/h6H,3-4H2,1-2H3. The van der Waals surface area contributed by atoms with Crippen LogP contribution in [0.3, 0.4) is 0 Å². The molecule has 1 aliphatic carbocycles. The minimum atomic E-state index is -0.991. The summed E-state index contributed by atoms with van der Waals surface area (Å²) in [5.74, 6) is 0.114. The lowest BCUT2D eigenvalue weighted by atomic mass is 10.1. The van der Waals surface area contributed by atoms with Gasteiger partial charge in [0, 0.05) is 5.92 Å². The van der Waals surface area contributed by atoms with E-state index in [1.807, 2.05) is 6.07 Å². The highest BCUT2D eigenvalue weighted by atomic mass is 35.5. The SMILES string of the molecule is CC(C)(C#N)n1nc(C2CC2)c([N+](=O)[O-])c1Cl. The number of halogens is 1. The lowest BCUT2D eigenvalue weighted by Crippen LogP contribution is -2.25. The Morgan fingerprint density at radius 3 is 2.65 bits per heavy atom. The predicted octanol–water partition coefficient (Wildman–Crippen LogP) is 2.58. The number of rotatable bonds is 3. The molecule has 2 rings (SSSR count). The van der Waals surface area contributed by atoms with Crippen molar-refractivity contribution in [3.05, 3.63) is 21.0 Å². The molecule has 1 heterocycles. The van der Waals surface area contributed by atoms with Crippen molar-refractivity contribution in [1.82, 2.24) is 9.78 Å². The molecule has 0 atom stereocenters. The molecule has 0 unspecified atom stereocenters. The van der Waals surface area contributed by atoms with E-state index in [1.54, 1.807) is 13.8 Å². The van der Waals surface area contributed by atoms with E-state index in [1.165, 1.54) is 4.68 Å². The number of nitriles is 1. The quantitative estimate of drug-likeness (QED) is 0.613. The van der Waals surface area contributed by atoms with Crippen LogP contribution in [-0.2, 0) is 5.54 Å². The third kappa shape index (κ3) is 1.87. The van der Waals surface area contributed by atoms with E-state index in [0.717, 1.165) is 12.8 Å². The van der Waals surface area contributed by atoms with Crippen LogP contribution in [0, 0.1) is 21.4 Å². The summed E-state index contributed by atoms with van der Waals surface area (Å²) in [6.07, 6.45) is 1.78. The van der Waals surface area contributed by atoms with Gasteiger partial charge in [-0.15, -0.1) is 0 Å². The fourth-order valence-electron chi connectivity index (χ4n) is 1.62. The minimum Gasteiger partial charge on any atom is -0.258 e. The summed E-state index contributed by atoms with van der Waals surface area (Å²) in [5.41, 5.74) is -0.740. The van der Waals surface area contributed by atoms with Crippen molar-refractivity contribution in [3.63, 3.8) is 0 Å². The smallest absolute Gasteiger partial charge is 0.258 e. The molecule has 0 bridgehead atoms. The van der Waals surface area contributed by atoms with E-state index in [0.29, 0.717) is 5.69 Å². The highest BCUT2D eigenvalue weighted by Gasteiger charge is 2.40. The monoisotopic (exact) mass is 254 g/mol. The number of hydrogen-bond donors (Lipinski definition) is 0. The van der Waals surface area contributed by atoms with Gasteiger partial charge in [-0.25, -0.2) is 4.68 Å². The second-order valence-electron chi connectivity index (χ2n) is 4.64. The molecule has 0 N–H and O–H groups in total. The Bertz CT molecular complexity index is 525. The van der Waals surface area contributed by atoms with Gasteiger partial charge in [0.25, 0.3) is 0 Å². The van der Waals surface area contributed by atoms with Gasteiger partial charge >= 0.3 is 5.69 Å². The van der Waals surface area contributed by atoms with Crippen LogP contribution in [0.4, 0.5) is 5.69 Å². The van der Waals surface area contributed by atoms with Gasteiger partial charge in [-0.05, 0) is 26.7 Å². The van der Waals surface area contributed by atoms with Crippen molar-refractivity contribution < 1.29 is 4.92 Å². The summed E-state index contributed by atoms with van der Waals surface area (Å²) in [4.78, 5) is 10.5. The van der Waals surface area contributed by atoms with Gasteiger partial charge in [-0.2, -0.15) is 10.4 Å². The average Bonchev–Trinajstić information content (AvgIpc) is 3.01. The van der Waals surface area contributed by atoms with Crippen LogP contribution in [0.15, 0.2) is 0 Å². The van der Waals surface area contributed by atoms with E-state index in [2.05, 4.69) is 5.10 Å². The summed E-state index contributed by atoms with van der Waals surface area (Å²) in [7, 11) is 0. The first kappa shape index (κ1) is 11.9. The zero-order valence-corrected chi connectivity index (χ0v) is 10.2. The Labute approximate surface area is 103 Å². The van der Waals surface area contributed by atoms with E-state index in [4.69, 9.17) is 16.9 Å². The first-order valence-electron chi connectivity index (χ1n) is 5.23. The van der Waals surface area contributed by atoms with Crippen LogP contribution in [0.25, 0.3) is 0 Å². The molecule has 1 saturated carbocycles. The zero-order valence-electron chi connectivity index (χ0n) is 9.47. The van der Waals surface area contributed by atoms with Crippen LogP contribution in [0.2, 0.25) is 5.15 Å². The predicted molar refractivity (Wildman–Crippen MR) is 60.8 cm³/mol. The second kappa shape index (κ2) is 3.70. The zero-order chi connectivity index (χ0) is 12.8. The van der Waals surface area contributed by atoms with Crippen molar-refractivity contribution in [1.29, 1.82) is 5.26 Å². The summed E-state index contributed by atoms with van der Waals surface area (Å²) in [6, 6.07) is 2.03. The molecule has 90 valence electrons. The third-order valence-electron chi connectivity index (χ3n) is 2.78. The Morgan fingerprint density at radius 2 is 2.24 bits per heavy atom. The summed E-state index contributed by atoms with van der Waals surface area (Å²) >= 11 is 5.97.